The van der Waals surface area contributed by atoms with Crippen molar-refractivity contribution < 1.29 is 17.9 Å². The molecule has 0 aromatic rings. The molecular formula is C13H25N3O4S. The van der Waals surface area contributed by atoms with Gasteiger partial charge in [0.15, 0.2) is 0 Å². The van der Waals surface area contributed by atoms with Crippen LogP contribution in [0.15, 0.2) is 0 Å². The normalized spacial score (nSPS) is 30.7. The Kier molecular flexibility index (Phi) is 5.59. The first-order valence-electron chi connectivity index (χ1n) is 7.42. The lowest BCUT2D eigenvalue weighted by Gasteiger charge is -2.29. The van der Waals surface area contributed by atoms with Crippen LogP contribution >= 0.6 is 0 Å². The Hall–Kier alpha value is -0.700. The summed E-state index contributed by atoms with van der Waals surface area (Å²) < 4.78 is 30.4. The molecule has 7 nitrogen and oxygen atoms in total. The second-order valence-corrected chi connectivity index (χ2v) is 7.70. The van der Waals surface area contributed by atoms with E-state index in [1.807, 2.05) is 0 Å². The van der Waals surface area contributed by atoms with Crippen molar-refractivity contribution >= 4 is 15.9 Å². The second-order valence-electron chi connectivity index (χ2n) is 5.78. The molecule has 1 amide bonds. The van der Waals surface area contributed by atoms with Crippen LogP contribution in [-0.2, 0) is 19.6 Å². The fraction of sp³-hybridized carbons (Fsp3) is 0.923. The molecule has 0 spiro atoms. The number of hydrogen-bond acceptors (Lipinski definition) is 5. The smallest absolute Gasteiger partial charge is 0.236 e. The monoisotopic (exact) mass is 319 g/mol. The van der Waals surface area contributed by atoms with Crippen molar-refractivity contribution in [2.75, 3.05) is 33.0 Å². The summed E-state index contributed by atoms with van der Waals surface area (Å²) in [5, 5.41) is 2.89. The lowest BCUT2D eigenvalue weighted by Crippen LogP contribution is -2.50. The van der Waals surface area contributed by atoms with E-state index in [0.717, 1.165) is 38.8 Å². The molecule has 0 aromatic heterocycles. The maximum atomic E-state index is 11.9. The molecule has 8 heteroatoms. The Morgan fingerprint density at radius 2 is 2.10 bits per heavy atom. The van der Waals surface area contributed by atoms with Crippen molar-refractivity contribution in [2.45, 2.75) is 43.9 Å². The summed E-state index contributed by atoms with van der Waals surface area (Å²) in [5.41, 5.74) is 0. The third kappa shape index (κ3) is 4.38. The highest BCUT2D eigenvalue weighted by molar-refractivity contribution is 7.90. The molecule has 2 aliphatic rings. The molecule has 21 heavy (non-hydrogen) atoms. The standard InChI is InChI=1S/C13H25N3O4S/c1-14-21(18,19)9-13(17)15-11-4-3-5-12(11)16-7-6-10(8-16)20-2/h10-12,14H,3-9H2,1-2H3,(H,15,17)/t10?,11-,12+/m1/s1. The lowest BCUT2D eigenvalue weighted by atomic mass is 10.1. The summed E-state index contributed by atoms with van der Waals surface area (Å²) in [6, 6.07) is 0.339. The van der Waals surface area contributed by atoms with E-state index < -0.39 is 21.7 Å². The van der Waals surface area contributed by atoms with Gasteiger partial charge in [0.1, 0.15) is 5.75 Å². The highest BCUT2D eigenvalue weighted by Crippen LogP contribution is 2.27. The molecule has 122 valence electrons. The number of sulfonamides is 1. The van der Waals surface area contributed by atoms with Gasteiger partial charge in [-0.1, -0.05) is 0 Å². The number of ether oxygens (including phenoxy) is 1. The molecule has 1 saturated carbocycles. The van der Waals surface area contributed by atoms with Crippen molar-refractivity contribution in [3.05, 3.63) is 0 Å². The summed E-state index contributed by atoms with van der Waals surface area (Å²) in [6.07, 6.45) is 4.29. The first-order chi connectivity index (χ1) is 9.95. The Morgan fingerprint density at radius 1 is 1.33 bits per heavy atom. The zero-order valence-corrected chi connectivity index (χ0v) is 13.5. The molecule has 1 heterocycles. The van der Waals surface area contributed by atoms with Crippen molar-refractivity contribution in [3.63, 3.8) is 0 Å². The first-order valence-corrected chi connectivity index (χ1v) is 9.08. The van der Waals surface area contributed by atoms with Gasteiger partial charge in [-0.15, -0.1) is 0 Å². The minimum absolute atomic E-state index is 0.0418. The summed E-state index contributed by atoms with van der Waals surface area (Å²) in [5.74, 6) is -0.934. The summed E-state index contributed by atoms with van der Waals surface area (Å²) in [6.45, 7) is 1.87. The Labute approximate surface area is 126 Å². The van der Waals surface area contributed by atoms with E-state index in [4.69, 9.17) is 4.74 Å². The van der Waals surface area contributed by atoms with E-state index in [1.165, 1.54) is 7.05 Å². The van der Waals surface area contributed by atoms with Gasteiger partial charge in [-0.05, 0) is 32.7 Å². The summed E-state index contributed by atoms with van der Waals surface area (Å²) >= 11 is 0. The molecule has 1 aliphatic carbocycles. The van der Waals surface area contributed by atoms with Crippen molar-refractivity contribution in [2.24, 2.45) is 0 Å². The first kappa shape index (κ1) is 16.7. The van der Waals surface area contributed by atoms with E-state index in [0.29, 0.717) is 6.04 Å². The van der Waals surface area contributed by atoms with Crippen LogP contribution in [0.2, 0.25) is 0 Å². The molecule has 3 atom stereocenters. The molecule has 2 fully saturated rings. The van der Waals surface area contributed by atoms with Crippen LogP contribution in [0.1, 0.15) is 25.7 Å². The Bertz CT molecular complexity index is 468. The van der Waals surface area contributed by atoms with Crippen molar-refractivity contribution in [3.8, 4) is 0 Å². The quantitative estimate of drug-likeness (QED) is 0.675. The van der Waals surface area contributed by atoms with Crippen LogP contribution in [0.5, 0.6) is 0 Å². The van der Waals surface area contributed by atoms with Crippen LogP contribution < -0.4 is 10.0 Å². The highest BCUT2D eigenvalue weighted by Gasteiger charge is 2.37. The summed E-state index contributed by atoms with van der Waals surface area (Å²) in [4.78, 5) is 14.2. The van der Waals surface area contributed by atoms with E-state index >= 15 is 0 Å². The predicted molar refractivity (Wildman–Crippen MR) is 79.4 cm³/mol. The molecular weight excluding hydrogens is 294 g/mol. The van der Waals surface area contributed by atoms with Gasteiger partial charge in [0, 0.05) is 32.3 Å². The van der Waals surface area contributed by atoms with Crippen LogP contribution in [0, 0.1) is 0 Å². The molecule has 2 N–H and O–H groups in total. The largest absolute Gasteiger partial charge is 0.380 e. The fourth-order valence-electron chi connectivity index (χ4n) is 3.29. The Morgan fingerprint density at radius 3 is 2.71 bits per heavy atom. The SMILES string of the molecule is CNS(=O)(=O)CC(=O)N[C@@H]1CCC[C@@H]1N1CCC(OC)C1. The van der Waals surface area contributed by atoms with E-state index in [-0.39, 0.29) is 12.1 Å². The minimum atomic E-state index is -3.51. The average molecular weight is 319 g/mol. The highest BCUT2D eigenvalue weighted by atomic mass is 32.2. The van der Waals surface area contributed by atoms with Gasteiger partial charge in [0.2, 0.25) is 15.9 Å². The lowest BCUT2D eigenvalue weighted by molar-refractivity contribution is -0.119. The van der Waals surface area contributed by atoms with Gasteiger partial charge < -0.3 is 10.1 Å². The van der Waals surface area contributed by atoms with Crippen molar-refractivity contribution in [1.29, 1.82) is 0 Å². The van der Waals surface area contributed by atoms with Gasteiger partial charge in [-0.3, -0.25) is 9.69 Å². The van der Waals surface area contributed by atoms with Crippen LogP contribution in [0.4, 0.5) is 0 Å². The number of rotatable bonds is 6. The Balaban J connectivity index is 1.89. The van der Waals surface area contributed by atoms with Gasteiger partial charge in [-0.2, -0.15) is 0 Å². The molecule has 1 unspecified atom stereocenters. The fourth-order valence-corrected chi connectivity index (χ4v) is 3.86. The number of methoxy groups -OCH3 is 1. The third-order valence-electron chi connectivity index (χ3n) is 4.44. The number of amides is 1. The maximum Gasteiger partial charge on any atom is 0.236 e. The molecule has 0 bridgehead atoms. The maximum absolute atomic E-state index is 11.9. The minimum Gasteiger partial charge on any atom is -0.380 e. The van der Waals surface area contributed by atoms with Gasteiger partial charge >= 0.3 is 0 Å². The number of hydrogen-bond donors (Lipinski definition) is 2. The number of nitrogens with one attached hydrogen (secondary N) is 2. The number of carbonyl (C=O) groups is 1. The average Bonchev–Trinajstić information content (AvgIpc) is 3.06. The van der Waals surface area contributed by atoms with Gasteiger partial charge in [0.05, 0.1) is 6.10 Å². The predicted octanol–water partition coefficient (Wildman–Crippen LogP) is -0.706. The molecule has 1 saturated heterocycles. The van der Waals surface area contributed by atoms with E-state index in [9.17, 15) is 13.2 Å². The second kappa shape index (κ2) is 7.04. The van der Waals surface area contributed by atoms with E-state index in [2.05, 4.69) is 14.9 Å². The van der Waals surface area contributed by atoms with Gasteiger partial charge in [0.25, 0.3) is 0 Å². The third-order valence-corrected chi connectivity index (χ3v) is 5.70. The van der Waals surface area contributed by atoms with Crippen LogP contribution in [-0.4, -0.2) is 70.4 Å². The molecule has 2 rings (SSSR count). The number of likely N-dealkylation sites (tertiary alicyclic amines) is 1. The molecule has 0 aromatic carbocycles. The number of carbonyl (C=O) groups excluding carboxylic acids is 1. The topological polar surface area (TPSA) is 87.7 Å². The molecule has 1 aliphatic heterocycles. The summed E-state index contributed by atoms with van der Waals surface area (Å²) in [7, 11) is -0.463. The van der Waals surface area contributed by atoms with Crippen LogP contribution in [0.25, 0.3) is 0 Å². The zero-order chi connectivity index (χ0) is 15.5. The van der Waals surface area contributed by atoms with E-state index in [1.54, 1.807) is 7.11 Å². The van der Waals surface area contributed by atoms with Gasteiger partial charge in [-0.25, -0.2) is 13.1 Å². The number of nitrogens with zero attached hydrogens (tertiary/aromatic N) is 1. The zero-order valence-electron chi connectivity index (χ0n) is 12.7. The van der Waals surface area contributed by atoms with Crippen LogP contribution in [0.3, 0.4) is 0 Å². The molecule has 0 radical (unpaired) electrons. The van der Waals surface area contributed by atoms with Crippen molar-refractivity contribution in [1.82, 2.24) is 14.9 Å².